The predicted octanol–water partition coefficient (Wildman–Crippen LogP) is 6.74. The van der Waals surface area contributed by atoms with Gasteiger partial charge in [0.05, 0.1) is 41.0 Å². The average Bonchev–Trinajstić information content (AvgIpc) is 3.04. The van der Waals surface area contributed by atoms with Gasteiger partial charge in [-0.25, -0.2) is 9.97 Å². The molecule has 0 radical (unpaired) electrons. The van der Waals surface area contributed by atoms with Crippen molar-refractivity contribution >= 4 is 33.5 Å². The van der Waals surface area contributed by atoms with Gasteiger partial charge >= 0.3 is 0 Å². The number of hydrogen-bond donors (Lipinski definition) is 0. The third kappa shape index (κ3) is 9.19. The molecule has 0 bridgehead atoms. The molecule has 0 amide bonds. The maximum atomic E-state index is 12.3. The number of nitriles is 1. The molecule has 0 saturated heterocycles. The minimum Gasteiger partial charge on any atom is -0.488 e. The Morgan fingerprint density at radius 1 is 0.933 bits per heavy atom. The predicted molar refractivity (Wildman–Crippen MR) is 174 cm³/mol. The molecule has 0 aliphatic heterocycles. The van der Waals surface area contributed by atoms with Gasteiger partial charge in [-0.1, -0.05) is 67.0 Å². The Labute approximate surface area is 273 Å². The molecule has 236 valence electrons. The summed E-state index contributed by atoms with van der Waals surface area (Å²) in [5.41, 5.74) is 3.42. The summed E-state index contributed by atoms with van der Waals surface area (Å²) in [4.78, 5) is 8.71. The molecule has 9 nitrogen and oxygen atoms in total. The van der Waals surface area contributed by atoms with Gasteiger partial charge in [0.1, 0.15) is 25.0 Å². The van der Waals surface area contributed by atoms with E-state index in [0.717, 1.165) is 22.4 Å². The number of thioether (sulfide) groups is 1. The summed E-state index contributed by atoms with van der Waals surface area (Å²) < 4.78 is 46.7. The van der Waals surface area contributed by atoms with E-state index in [4.69, 9.17) is 30.0 Å². The Hall–Kier alpha value is -3.66. The van der Waals surface area contributed by atoms with E-state index in [0.29, 0.717) is 28.1 Å². The zero-order valence-electron chi connectivity index (χ0n) is 25.4. The number of aryl methyl sites for hydroxylation is 1. The lowest BCUT2D eigenvalue weighted by molar-refractivity contribution is 0.0778. The summed E-state index contributed by atoms with van der Waals surface area (Å²) in [5.74, 6) is 0.971. The maximum Gasteiger partial charge on any atom is 0.297 e. The molecule has 4 aromatic rings. The first kappa shape index (κ1) is 34.2. The highest BCUT2D eigenvalue weighted by molar-refractivity contribution is 7.98. The minimum atomic E-state index is -3.86. The van der Waals surface area contributed by atoms with Crippen molar-refractivity contribution in [3.05, 3.63) is 106 Å². The zero-order chi connectivity index (χ0) is 32.5. The van der Waals surface area contributed by atoms with Crippen LogP contribution in [-0.2, 0) is 31.1 Å². The van der Waals surface area contributed by atoms with Crippen LogP contribution in [0.5, 0.6) is 11.5 Å². The highest BCUT2D eigenvalue weighted by atomic mass is 35.5. The molecule has 12 heteroatoms. The number of ether oxygens (including phenoxy) is 3. The first-order valence-corrected chi connectivity index (χ1v) is 17.0. The minimum absolute atomic E-state index is 0.0455. The first-order chi connectivity index (χ1) is 21.5. The fourth-order valence-corrected chi connectivity index (χ4v) is 5.85. The van der Waals surface area contributed by atoms with Gasteiger partial charge in [-0.2, -0.15) is 13.7 Å². The van der Waals surface area contributed by atoms with E-state index < -0.39 is 15.5 Å². The van der Waals surface area contributed by atoms with Gasteiger partial charge in [0, 0.05) is 11.6 Å². The molecule has 0 aliphatic rings. The molecule has 45 heavy (non-hydrogen) atoms. The fraction of sp³-hybridized carbons (Fsp3) is 0.303. The first-order valence-electron chi connectivity index (χ1n) is 14.0. The van der Waals surface area contributed by atoms with E-state index in [1.165, 1.54) is 23.9 Å². The molecule has 3 aromatic carbocycles. The number of nitrogens with zero attached hydrogens (tertiary/aromatic N) is 3. The van der Waals surface area contributed by atoms with E-state index in [-0.39, 0.29) is 37.1 Å². The van der Waals surface area contributed by atoms with Crippen molar-refractivity contribution in [3.8, 4) is 17.6 Å². The number of halogens is 1. The van der Waals surface area contributed by atoms with Gasteiger partial charge in [-0.05, 0) is 66.8 Å². The Balaban J connectivity index is 1.30. The van der Waals surface area contributed by atoms with E-state index in [1.807, 2.05) is 43.5 Å². The smallest absolute Gasteiger partial charge is 0.297 e. The van der Waals surface area contributed by atoms with E-state index in [2.05, 4.69) is 29.9 Å². The normalized spacial score (nSPS) is 11.6. The van der Waals surface area contributed by atoms with Crippen molar-refractivity contribution in [2.45, 2.75) is 42.8 Å². The van der Waals surface area contributed by atoms with Gasteiger partial charge in [0.2, 0.25) is 0 Å². The van der Waals surface area contributed by atoms with Crippen molar-refractivity contribution in [2.75, 3.05) is 32.7 Å². The van der Waals surface area contributed by atoms with Crippen LogP contribution in [0.2, 0.25) is 5.02 Å². The highest BCUT2D eigenvalue weighted by Crippen LogP contribution is 2.38. The van der Waals surface area contributed by atoms with Gasteiger partial charge in [-0.3, -0.25) is 4.18 Å². The SMILES string of the molecule is CSc1nccc(COc2ccc(C(C)(C)c3cc(Cl)c(OCCOCCOS(=O)(=O)c4ccc(C)cc4)c(C#N)c3)cc2)n1. The third-order valence-electron chi connectivity index (χ3n) is 6.97. The molecule has 1 aromatic heterocycles. The van der Waals surface area contributed by atoms with E-state index in [1.54, 1.807) is 30.5 Å². The van der Waals surface area contributed by atoms with Crippen LogP contribution in [0.15, 0.2) is 83.0 Å². The third-order valence-corrected chi connectivity index (χ3v) is 9.14. The van der Waals surface area contributed by atoms with Crippen molar-refractivity contribution in [3.63, 3.8) is 0 Å². The largest absolute Gasteiger partial charge is 0.488 e. The lowest BCUT2D eigenvalue weighted by Crippen LogP contribution is -2.19. The van der Waals surface area contributed by atoms with Crippen molar-refractivity contribution < 1.29 is 26.8 Å². The zero-order valence-corrected chi connectivity index (χ0v) is 27.8. The topological polar surface area (TPSA) is 121 Å². The molecular weight excluding hydrogens is 634 g/mol. The number of aromatic nitrogens is 2. The monoisotopic (exact) mass is 667 g/mol. The lowest BCUT2D eigenvalue weighted by atomic mass is 9.77. The summed E-state index contributed by atoms with van der Waals surface area (Å²) >= 11 is 8.08. The fourth-order valence-electron chi connectivity index (χ4n) is 4.31. The molecule has 0 aliphatic carbocycles. The van der Waals surface area contributed by atoms with Gasteiger partial charge in [0.25, 0.3) is 10.1 Å². The summed E-state index contributed by atoms with van der Waals surface area (Å²) in [6.45, 7) is 6.46. The number of rotatable bonds is 15. The molecular formula is C33H34ClN3O6S2. The second-order valence-electron chi connectivity index (χ2n) is 10.5. The van der Waals surface area contributed by atoms with Crippen LogP contribution in [0.1, 0.15) is 41.8 Å². The Kier molecular flexibility index (Phi) is 11.8. The Morgan fingerprint density at radius 3 is 2.33 bits per heavy atom. The van der Waals surface area contributed by atoms with Crippen molar-refractivity contribution in [2.24, 2.45) is 0 Å². The summed E-state index contributed by atoms with van der Waals surface area (Å²) in [6.07, 6.45) is 3.64. The molecule has 0 N–H and O–H groups in total. The molecule has 0 unspecified atom stereocenters. The number of benzene rings is 3. The molecule has 0 atom stereocenters. The second-order valence-corrected chi connectivity index (χ2v) is 13.3. The molecule has 0 fully saturated rings. The van der Waals surface area contributed by atoms with Crippen LogP contribution in [0, 0.1) is 18.3 Å². The Morgan fingerprint density at radius 2 is 1.64 bits per heavy atom. The van der Waals surface area contributed by atoms with Crippen LogP contribution in [-0.4, -0.2) is 51.1 Å². The molecule has 4 rings (SSSR count). The standard InChI is InChI=1S/C33H34ClN3O6S2/c1-23-5-11-29(12-6-23)45(38,39)43-18-16-40-15-17-41-31-24(21-35)19-26(20-30(31)34)33(2,3)25-7-9-28(10-8-25)42-22-27-13-14-36-32(37-27)44-4/h5-14,19-20H,15-18,22H2,1-4H3. The van der Waals surface area contributed by atoms with Crippen LogP contribution in [0.4, 0.5) is 0 Å². The van der Waals surface area contributed by atoms with Crippen LogP contribution in [0.3, 0.4) is 0 Å². The van der Waals surface area contributed by atoms with Crippen molar-refractivity contribution in [1.82, 2.24) is 9.97 Å². The van der Waals surface area contributed by atoms with Crippen LogP contribution in [0.25, 0.3) is 0 Å². The van der Waals surface area contributed by atoms with Crippen molar-refractivity contribution in [1.29, 1.82) is 5.26 Å². The number of hydrogen-bond acceptors (Lipinski definition) is 10. The molecule has 0 saturated carbocycles. The van der Waals surface area contributed by atoms with Gasteiger partial charge < -0.3 is 14.2 Å². The van der Waals surface area contributed by atoms with Crippen LogP contribution < -0.4 is 9.47 Å². The van der Waals surface area contributed by atoms with Crippen LogP contribution >= 0.6 is 23.4 Å². The van der Waals surface area contributed by atoms with Gasteiger partial charge in [-0.15, -0.1) is 0 Å². The molecule has 0 spiro atoms. The summed E-state index contributed by atoms with van der Waals surface area (Å²) in [5, 5.41) is 10.9. The average molecular weight is 668 g/mol. The van der Waals surface area contributed by atoms with E-state index in [9.17, 15) is 13.7 Å². The maximum absolute atomic E-state index is 12.3. The highest BCUT2D eigenvalue weighted by Gasteiger charge is 2.26. The molecule has 1 heterocycles. The Bertz CT molecular complexity index is 1740. The van der Waals surface area contributed by atoms with E-state index >= 15 is 0 Å². The lowest BCUT2D eigenvalue weighted by Gasteiger charge is -2.27. The quantitative estimate of drug-likeness (QED) is 0.0583. The summed E-state index contributed by atoms with van der Waals surface area (Å²) in [6, 6.07) is 21.8. The second kappa shape index (κ2) is 15.6. The van der Waals surface area contributed by atoms with Gasteiger partial charge in [0.15, 0.2) is 10.9 Å². The summed E-state index contributed by atoms with van der Waals surface area (Å²) in [7, 11) is -3.86.